The standard InChI is InChI=1S/C10H9BrN2O.2ClH/c11-8-4-9-6(2-1-3-13-9)7(5-12)10(8)14;;/h1-4,14H,5,12H2;2*1H. The molecule has 0 saturated heterocycles. The maximum absolute atomic E-state index is 9.74. The van der Waals surface area contributed by atoms with Crippen molar-refractivity contribution in [1.29, 1.82) is 0 Å². The van der Waals surface area contributed by atoms with E-state index in [2.05, 4.69) is 20.9 Å². The van der Waals surface area contributed by atoms with Crippen molar-refractivity contribution in [3.63, 3.8) is 0 Å². The molecular formula is C10H11BrCl2N2O. The number of nitrogens with two attached hydrogens (primary N) is 1. The molecule has 0 unspecified atom stereocenters. The number of aromatic nitrogens is 1. The maximum Gasteiger partial charge on any atom is 0.134 e. The minimum absolute atomic E-state index is 0. The zero-order chi connectivity index (χ0) is 10.1. The summed E-state index contributed by atoms with van der Waals surface area (Å²) in [7, 11) is 0. The Morgan fingerprint density at radius 1 is 1.38 bits per heavy atom. The van der Waals surface area contributed by atoms with Crippen molar-refractivity contribution in [2.75, 3.05) is 0 Å². The highest BCUT2D eigenvalue weighted by Crippen LogP contribution is 2.33. The second-order valence-electron chi connectivity index (χ2n) is 2.96. The molecule has 0 spiro atoms. The van der Waals surface area contributed by atoms with Crippen molar-refractivity contribution in [1.82, 2.24) is 4.98 Å². The van der Waals surface area contributed by atoms with Crippen LogP contribution in [0.25, 0.3) is 10.9 Å². The number of benzene rings is 1. The van der Waals surface area contributed by atoms with Crippen LogP contribution in [0.2, 0.25) is 0 Å². The first kappa shape index (κ1) is 15.4. The van der Waals surface area contributed by atoms with E-state index in [-0.39, 0.29) is 30.6 Å². The number of hydrogen-bond donors (Lipinski definition) is 2. The zero-order valence-corrected chi connectivity index (χ0v) is 11.4. The van der Waals surface area contributed by atoms with Crippen LogP contribution >= 0.6 is 40.7 Å². The molecule has 0 aliphatic heterocycles. The number of halogens is 3. The van der Waals surface area contributed by atoms with Crippen LogP contribution in [0.15, 0.2) is 28.9 Å². The van der Waals surface area contributed by atoms with Crippen LogP contribution < -0.4 is 5.73 Å². The molecule has 0 saturated carbocycles. The summed E-state index contributed by atoms with van der Waals surface area (Å²) in [6.45, 7) is 0.299. The zero-order valence-electron chi connectivity index (χ0n) is 8.18. The van der Waals surface area contributed by atoms with Gasteiger partial charge in [0.15, 0.2) is 0 Å². The first-order valence-corrected chi connectivity index (χ1v) is 4.98. The molecule has 0 atom stereocenters. The summed E-state index contributed by atoms with van der Waals surface area (Å²) in [5.74, 6) is 0.202. The molecule has 1 aromatic heterocycles. The summed E-state index contributed by atoms with van der Waals surface area (Å²) >= 11 is 3.26. The van der Waals surface area contributed by atoms with Gasteiger partial charge in [0.25, 0.3) is 0 Å². The van der Waals surface area contributed by atoms with E-state index in [1.54, 1.807) is 12.3 Å². The number of hydrogen-bond acceptors (Lipinski definition) is 3. The van der Waals surface area contributed by atoms with Crippen molar-refractivity contribution in [3.05, 3.63) is 34.4 Å². The van der Waals surface area contributed by atoms with Gasteiger partial charge in [-0.05, 0) is 28.1 Å². The lowest BCUT2D eigenvalue weighted by atomic mass is 10.1. The van der Waals surface area contributed by atoms with Crippen molar-refractivity contribution in [2.45, 2.75) is 6.54 Å². The Bertz CT molecular complexity index is 493. The Morgan fingerprint density at radius 3 is 2.69 bits per heavy atom. The quantitative estimate of drug-likeness (QED) is 0.847. The lowest BCUT2D eigenvalue weighted by molar-refractivity contribution is 0.466. The van der Waals surface area contributed by atoms with Crippen LogP contribution in [-0.4, -0.2) is 10.1 Å². The van der Waals surface area contributed by atoms with Crippen LogP contribution in [0.1, 0.15) is 5.56 Å². The predicted octanol–water partition coefficient (Wildman–Crippen LogP) is 3.01. The maximum atomic E-state index is 9.74. The minimum atomic E-state index is 0. The first-order chi connectivity index (χ1) is 6.74. The molecule has 3 nitrogen and oxygen atoms in total. The Morgan fingerprint density at radius 2 is 2.06 bits per heavy atom. The fourth-order valence-corrected chi connectivity index (χ4v) is 1.91. The number of phenols is 1. The van der Waals surface area contributed by atoms with Gasteiger partial charge in [-0.1, -0.05) is 6.07 Å². The summed E-state index contributed by atoms with van der Waals surface area (Å²) in [4.78, 5) is 4.20. The van der Waals surface area contributed by atoms with E-state index in [1.807, 2.05) is 12.1 Å². The van der Waals surface area contributed by atoms with Crippen LogP contribution in [0.3, 0.4) is 0 Å². The second-order valence-corrected chi connectivity index (χ2v) is 3.81. The largest absolute Gasteiger partial charge is 0.506 e. The normalized spacial score (nSPS) is 9.38. The van der Waals surface area contributed by atoms with Gasteiger partial charge in [0, 0.05) is 23.7 Å². The first-order valence-electron chi connectivity index (χ1n) is 4.19. The van der Waals surface area contributed by atoms with Crippen molar-refractivity contribution in [2.24, 2.45) is 5.73 Å². The van der Waals surface area contributed by atoms with Crippen LogP contribution in [0.5, 0.6) is 5.75 Å². The molecule has 0 bridgehead atoms. The second kappa shape index (κ2) is 6.25. The number of rotatable bonds is 1. The summed E-state index contributed by atoms with van der Waals surface area (Å²) in [5, 5.41) is 10.6. The van der Waals surface area contributed by atoms with E-state index in [1.165, 1.54) is 0 Å². The van der Waals surface area contributed by atoms with Gasteiger partial charge in [0.05, 0.1) is 9.99 Å². The van der Waals surface area contributed by atoms with Gasteiger partial charge in [0.2, 0.25) is 0 Å². The van der Waals surface area contributed by atoms with Gasteiger partial charge >= 0.3 is 0 Å². The number of nitrogens with zero attached hydrogens (tertiary/aromatic N) is 1. The summed E-state index contributed by atoms with van der Waals surface area (Å²) < 4.78 is 0.629. The number of pyridine rings is 1. The fourth-order valence-electron chi connectivity index (χ4n) is 1.45. The highest BCUT2D eigenvalue weighted by atomic mass is 79.9. The highest BCUT2D eigenvalue weighted by molar-refractivity contribution is 9.10. The van der Waals surface area contributed by atoms with E-state index in [4.69, 9.17) is 5.73 Å². The predicted molar refractivity (Wildman–Crippen MR) is 73.5 cm³/mol. The van der Waals surface area contributed by atoms with E-state index in [9.17, 15) is 5.11 Å². The Balaban J connectivity index is 0.00000112. The van der Waals surface area contributed by atoms with Crippen LogP contribution in [-0.2, 0) is 6.54 Å². The van der Waals surface area contributed by atoms with E-state index in [0.29, 0.717) is 11.0 Å². The topological polar surface area (TPSA) is 59.1 Å². The Hall–Kier alpha value is -0.550. The lowest BCUT2D eigenvalue weighted by Crippen LogP contribution is -1.98. The third-order valence-electron chi connectivity index (χ3n) is 2.14. The van der Waals surface area contributed by atoms with Crippen LogP contribution in [0, 0.1) is 0 Å². The molecule has 0 aliphatic carbocycles. The molecule has 0 amide bonds. The summed E-state index contributed by atoms with van der Waals surface area (Å²) in [6, 6.07) is 5.51. The van der Waals surface area contributed by atoms with E-state index >= 15 is 0 Å². The Kier molecular flexibility index (Phi) is 6.04. The van der Waals surface area contributed by atoms with Gasteiger partial charge in [0.1, 0.15) is 5.75 Å². The fraction of sp³-hybridized carbons (Fsp3) is 0.100. The Labute approximate surface area is 114 Å². The van der Waals surface area contributed by atoms with Gasteiger partial charge in [-0.15, -0.1) is 24.8 Å². The van der Waals surface area contributed by atoms with Crippen molar-refractivity contribution < 1.29 is 5.11 Å². The van der Waals surface area contributed by atoms with Crippen molar-refractivity contribution >= 4 is 51.6 Å². The SMILES string of the molecule is Cl.Cl.NCc1c(O)c(Br)cc2ncccc12. The molecular weight excluding hydrogens is 315 g/mol. The molecule has 6 heteroatoms. The average molecular weight is 326 g/mol. The van der Waals surface area contributed by atoms with Gasteiger partial charge < -0.3 is 10.8 Å². The molecule has 16 heavy (non-hydrogen) atoms. The number of fused-ring (bicyclic) bond motifs is 1. The third-order valence-corrected chi connectivity index (χ3v) is 2.75. The number of aromatic hydroxyl groups is 1. The molecule has 2 aromatic rings. The lowest BCUT2D eigenvalue weighted by Gasteiger charge is -2.07. The molecule has 88 valence electrons. The summed E-state index contributed by atoms with van der Waals surface area (Å²) in [5.41, 5.74) is 7.13. The molecule has 0 fully saturated rings. The molecule has 1 aromatic carbocycles. The number of phenolic OH excluding ortho intramolecular Hbond substituents is 1. The average Bonchev–Trinajstić information content (AvgIpc) is 2.20. The highest BCUT2D eigenvalue weighted by Gasteiger charge is 2.09. The van der Waals surface area contributed by atoms with E-state index in [0.717, 1.165) is 16.5 Å². The minimum Gasteiger partial charge on any atom is -0.506 e. The third kappa shape index (κ3) is 2.58. The summed E-state index contributed by atoms with van der Waals surface area (Å²) in [6.07, 6.45) is 1.71. The monoisotopic (exact) mass is 324 g/mol. The molecule has 0 radical (unpaired) electrons. The van der Waals surface area contributed by atoms with Gasteiger partial charge in [-0.3, -0.25) is 4.98 Å². The molecule has 1 heterocycles. The molecule has 0 aliphatic rings. The van der Waals surface area contributed by atoms with Crippen molar-refractivity contribution in [3.8, 4) is 5.75 Å². The van der Waals surface area contributed by atoms with Crippen LogP contribution in [0.4, 0.5) is 0 Å². The van der Waals surface area contributed by atoms with Gasteiger partial charge in [-0.2, -0.15) is 0 Å². The smallest absolute Gasteiger partial charge is 0.134 e. The molecule has 2 rings (SSSR count). The molecule has 3 N–H and O–H groups in total. The van der Waals surface area contributed by atoms with E-state index < -0.39 is 0 Å². The van der Waals surface area contributed by atoms with Gasteiger partial charge in [-0.25, -0.2) is 0 Å².